The molecule has 0 saturated carbocycles. The van der Waals surface area contributed by atoms with E-state index in [-0.39, 0.29) is 6.42 Å². The van der Waals surface area contributed by atoms with Crippen LogP contribution in [0.15, 0.2) is 12.5 Å². The number of rotatable bonds is 26. The third kappa shape index (κ3) is 17.4. The molecule has 0 spiro atoms. The number of imidazole rings is 1. The second kappa shape index (κ2) is 24.5. The van der Waals surface area contributed by atoms with Crippen LogP contribution in [0.5, 0.6) is 0 Å². The fraction of sp³-hybridized carbons (Fsp3) is 0.606. The van der Waals surface area contributed by atoms with Crippen molar-refractivity contribution in [2.75, 3.05) is 13.2 Å². The molecule has 1 rings (SSSR count). The molecule has 1 aromatic rings. The highest BCUT2D eigenvalue weighted by atomic mass is 16.4. The Morgan fingerprint density at radius 3 is 1.75 bits per heavy atom. The molecule has 0 fully saturated rings. The average Bonchev–Trinajstić information content (AvgIpc) is 3.67. The van der Waals surface area contributed by atoms with Gasteiger partial charge in [-0.3, -0.25) is 43.2 Å². The third-order valence-electron chi connectivity index (χ3n) is 8.58. The number of carbonyl (C=O) groups excluding carboxylic acids is 8. The largest absolute Gasteiger partial charge is 0.481 e. The molecule has 330 valence electrons. The maximum Gasteiger partial charge on any atom is 0.328 e. The Bertz CT molecular complexity index is 1660. The first-order valence-electron chi connectivity index (χ1n) is 18.0. The minimum Gasteiger partial charge on any atom is -0.481 e. The Morgan fingerprint density at radius 2 is 1.25 bits per heavy atom. The molecule has 0 saturated heterocycles. The molecule has 8 amide bonds. The van der Waals surface area contributed by atoms with Crippen molar-refractivity contribution >= 4 is 59.2 Å². The molecule has 10 unspecified atom stereocenters. The van der Waals surface area contributed by atoms with E-state index in [1.165, 1.54) is 19.4 Å². The van der Waals surface area contributed by atoms with Gasteiger partial charge in [-0.2, -0.15) is 0 Å². The third-order valence-corrected chi connectivity index (χ3v) is 8.58. The molecular formula is C33H53N11O15. The number of aromatic nitrogens is 2. The number of carbonyl (C=O) groups is 10. The number of nitrogens with zero attached hydrogens (tertiary/aromatic N) is 1. The minimum atomic E-state index is -2.04. The number of aliphatic carboxylic acids is 2. The number of carboxylic acids is 2. The molecule has 17 N–H and O–H groups in total. The summed E-state index contributed by atoms with van der Waals surface area (Å²) in [5.41, 5.74) is 11.2. The van der Waals surface area contributed by atoms with Crippen molar-refractivity contribution in [1.82, 2.24) is 47.2 Å². The lowest BCUT2D eigenvalue weighted by Crippen LogP contribution is -2.62. The zero-order valence-electron chi connectivity index (χ0n) is 32.6. The molecular weight excluding hydrogens is 790 g/mol. The Balaban J connectivity index is 3.30. The minimum absolute atomic E-state index is 0.281. The quantitative estimate of drug-likeness (QED) is 0.0412. The zero-order chi connectivity index (χ0) is 45.1. The Kier molecular flexibility index (Phi) is 21.1. The number of hydrogen-bond acceptors (Lipinski definition) is 15. The van der Waals surface area contributed by atoms with Crippen molar-refractivity contribution < 1.29 is 73.5 Å². The summed E-state index contributed by atoms with van der Waals surface area (Å²) in [4.78, 5) is 133. The Labute approximate surface area is 336 Å². The first-order valence-corrected chi connectivity index (χ1v) is 18.0. The van der Waals surface area contributed by atoms with E-state index in [9.17, 15) is 63.3 Å². The maximum absolute atomic E-state index is 13.7. The van der Waals surface area contributed by atoms with Gasteiger partial charge in [0.1, 0.15) is 42.3 Å². The summed E-state index contributed by atoms with van der Waals surface area (Å²) in [5, 5.41) is 63.0. The van der Waals surface area contributed by atoms with E-state index in [2.05, 4.69) is 25.9 Å². The van der Waals surface area contributed by atoms with Gasteiger partial charge in [0.15, 0.2) is 0 Å². The molecule has 0 aromatic carbocycles. The summed E-state index contributed by atoms with van der Waals surface area (Å²) in [5.74, 6) is -12.8. The fourth-order valence-corrected chi connectivity index (χ4v) is 4.97. The molecule has 10 atom stereocenters. The lowest BCUT2D eigenvalue weighted by Gasteiger charge is -2.29. The Hall–Kier alpha value is -6.25. The fourth-order valence-electron chi connectivity index (χ4n) is 4.97. The molecule has 1 aromatic heterocycles. The van der Waals surface area contributed by atoms with Crippen molar-refractivity contribution in [3.63, 3.8) is 0 Å². The highest BCUT2D eigenvalue weighted by Crippen LogP contribution is 2.11. The zero-order valence-corrected chi connectivity index (χ0v) is 32.6. The van der Waals surface area contributed by atoms with Gasteiger partial charge in [0.05, 0.1) is 44.5 Å². The highest BCUT2D eigenvalue weighted by molar-refractivity contribution is 5.99. The number of aliphatic hydroxyl groups excluding tert-OH is 3. The van der Waals surface area contributed by atoms with Gasteiger partial charge in [0.2, 0.25) is 47.3 Å². The number of aliphatic hydroxyl groups is 3. The monoisotopic (exact) mass is 843 g/mol. The van der Waals surface area contributed by atoms with E-state index in [0.29, 0.717) is 12.1 Å². The number of nitrogens with two attached hydrogens (primary N) is 2. The van der Waals surface area contributed by atoms with E-state index in [1.807, 2.05) is 21.3 Å². The maximum atomic E-state index is 13.7. The van der Waals surface area contributed by atoms with Crippen molar-refractivity contribution in [3.05, 3.63) is 18.2 Å². The van der Waals surface area contributed by atoms with Crippen LogP contribution in [-0.4, -0.2) is 162 Å². The van der Waals surface area contributed by atoms with Crippen LogP contribution in [0.3, 0.4) is 0 Å². The summed E-state index contributed by atoms with van der Waals surface area (Å²) < 4.78 is 0. The number of amides is 8. The number of nitrogens with one attached hydrogen (secondary N) is 8. The number of H-pyrrole nitrogens is 1. The van der Waals surface area contributed by atoms with Crippen molar-refractivity contribution in [3.8, 4) is 0 Å². The summed E-state index contributed by atoms with van der Waals surface area (Å²) in [6.45, 7) is 3.77. The standard InChI is InChI=1S/C33H53N11O15/c1-5-13(2)25(43-30(55)24(35)14(3)46)31(56)41-17(6-16-9-36-12-38-16)29(54)44-26(15(4)47)32(57)42-19(8-23(50)51)28(53)40-18(7-21(34)48)27(52)37-10-22(49)39-20(11-45)33(58)59/h9,12-15,17-20,24-26,45-47H,5-8,10-11,35H2,1-4H3,(H2,34,48)(H,36,38)(H,37,52)(H,39,49)(H,40,53)(H,41,56)(H,42,57)(H,43,55)(H,44,54)(H,50,51)(H,58,59). The molecule has 26 heteroatoms. The van der Waals surface area contributed by atoms with E-state index in [1.54, 1.807) is 13.8 Å². The molecule has 59 heavy (non-hydrogen) atoms. The first-order chi connectivity index (χ1) is 27.5. The van der Waals surface area contributed by atoms with Crippen LogP contribution in [0.25, 0.3) is 0 Å². The van der Waals surface area contributed by atoms with Gasteiger partial charge in [-0.25, -0.2) is 9.78 Å². The second-order valence-corrected chi connectivity index (χ2v) is 13.5. The van der Waals surface area contributed by atoms with E-state index >= 15 is 0 Å². The molecule has 0 bridgehead atoms. The van der Waals surface area contributed by atoms with Crippen molar-refractivity contribution in [2.24, 2.45) is 17.4 Å². The van der Waals surface area contributed by atoms with Crippen LogP contribution in [0.2, 0.25) is 0 Å². The summed E-state index contributed by atoms with van der Waals surface area (Å²) in [6, 6.07) is -11.8. The average molecular weight is 844 g/mol. The van der Waals surface area contributed by atoms with Crippen LogP contribution in [0.1, 0.15) is 52.7 Å². The van der Waals surface area contributed by atoms with Gasteiger partial charge in [-0.1, -0.05) is 20.3 Å². The lowest BCUT2D eigenvalue weighted by molar-refractivity contribution is -0.143. The topological polar surface area (TPSA) is 437 Å². The van der Waals surface area contributed by atoms with E-state index < -0.39 is 146 Å². The summed E-state index contributed by atoms with van der Waals surface area (Å²) in [7, 11) is 0. The number of aromatic amines is 1. The number of primary amides is 1. The van der Waals surface area contributed by atoms with Gasteiger partial charge in [-0.05, 0) is 19.8 Å². The van der Waals surface area contributed by atoms with Crippen LogP contribution >= 0.6 is 0 Å². The van der Waals surface area contributed by atoms with Crippen molar-refractivity contribution in [1.29, 1.82) is 0 Å². The smallest absolute Gasteiger partial charge is 0.328 e. The van der Waals surface area contributed by atoms with Gasteiger partial charge in [0.25, 0.3) is 0 Å². The van der Waals surface area contributed by atoms with Gasteiger partial charge >= 0.3 is 11.9 Å². The van der Waals surface area contributed by atoms with Gasteiger partial charge < -0.3 is 79.2 Å². The van der Waals surface area contributed by atoms with Crippen LogP contribution in [-0.2, 0) is 54.4 Å². The first kappa shape index (κ1) is 50.8. The summed E-state index contributed by atoms with van der Waals surface area (Å²) in [6.07, 6.45) is -2.39. The molecule has 0 aliphatic carbocycles. The number of carboxylic acid groups (broad SMARTS) is 2. The lowest BCUT2D eigenvalue weighted by atomic mass is 9.96. The van der Waals surface area contributed by atoms with Crippen LogP contribution in [0, 0.1) is 5.92 Å². The predicted octanol–water partition coefficient (Wildman–Crippen LogP) is -7.46. The molecule has 0 aliphatic rings. The molecule has 0 radical (unpaired) electrons. The Morgan fingerprint density at radius 1 is 0.712 bits per heavy atom. The van der Waals surface area contributed by atoms with E-state index in [0.717, 1.165) is 6.92 Å². The van der Waals surface area contributed by atoms with Crippen LogP contribution in [0.4, 0.5) is 0 Å². The molecule has 0 aliphatic heterocycles. The molecule has 26 nitrogen and oxygen atoms in total. The van der Waals surface area contributed by atoms with Gasteiger partial charge in [0, 0.05) is 18.3 Å². The predicted molar refractivity (Wildman–Crippen MR) is 198 cm³/mol. The van der Waals surface area contributed by atoms with Gasteiger partial charge in [-0.15, -0.1) is 0 Å². The van der Waals surface area contributed by atoms with Crippen molar-refractivity contribution in [2.45, 2.75) is 108 Å². The summed E-state index contributed by atoms with van der Waals surface area (Å²) >= 11 is 0. The van der Waals surface area contributed by atoms with E-state index in [4.69, 9.17) is 21.7 Å². The second-order valence-electron chi connectivity index (χ2n) is 13.5. The van der Waals surface area contributed by atoms with Crippen LogP contribution < -0.4 is 48.7 Å². The highest BCUT2D eigenvalue weighted by Gasteiger charge is 2.37. The number of hydrogen-bond donors (Lipinski definition) is 15. The normalized spacial score (nSPS) is 16.1. The molecule has 1 heterocycles. The SMILES string of the molecule is CCC(C)C(NC(=O)C(N)C(C)O)C(=O)NC(Cc1cnc[nH]1)C(=O)NC(C(=O)NC(CC(=O)O)C(=O)NC(CC(N)=O)C(=O)NCC(=O)NC(CO)C(=O)O)C(C)O.